The van der Waals surface area contributed by atoms with Crippen molar-refractivity contribution in [1.82, 2.24) is 0 Å². The third kappa shape index (κ3) is 2.31. The molecule has 108 valence electrons. The van der Waals surface area contributed by atoms with Crippen molar-refractivity contribution in [2.24, 2.45) is 11.7 Å². The van der Waals surface area contributed by atoms with Crippen LogP contribution >= 0.6 is 0 Å². The molecule has 2 aliphatic heterocycles. The highest BCUT2D eigenvalue weighted by Crippen LogP contribution is 2.35. The van der Waals surface area contributed by atoms with Crippen LogP contribution in [0.2, 0.25) is 0 Å². The Morgan fingerprint density at radius 1 is 1.45 bits per heavy atom. The molecule has 1 amide bonds. The lowest BCUT2D eigenvalue weighted by molar-refractivity contribution is -0.116. The first-order valence-corrected chi connectivity index (χ1v) is 7.05. The molecule has 20 heavy (non-hydrogen) atoms. The van der Waals surface area contributed by atoms with E-state index in [1.54, 1.807) is 6.07 Å². The second-order valence-corrected chi connectivity index (χ2v) is 5.63. The highest BCUT2D eigenvalue weighted by atomic mass is 19.1. The number of nitrogens with two attached hydrogens (primary N) is 1. The fraction of sp³-hybridized carbons (Fsp3) is 0.533. The third-order valence-electron chi connectivity index (χ3n) is 4.37. The van der Waals surface area contributed by atoms with Gasteiger partial charge in [0.2, 0.25) is 5.91 Å². The smallest absolute Gasteiger partial charge is 0.224 e. The Morgan fingerprint density at radius 2 is 2.25 bits per heavy atom. The second kappa shape index (κ2) is 5.14. The highest BCUT2D eigenvalue weighted by molar-refractivity contribution is 5.93. The maximum atomic E-state index is 14.3. The maximum absolute atomic E-state index is 14.3. The van der Waals surface area contributed by atoms with Gasteiger partial charge in [-0.2, -0.15) is 0 Å². The van der Waals surface area contributed by atoms with E-state index in [2.05, 4.69) is 5.32 Å². The lowest BCUT2D eigenvalue weighted by Gasteiger charge is -2.25. The van der Waals surface area contributed by atoms with Crippen molar-refractivity contribution in [3.63, 3.8) is 0 Å². The van der Waals surface area contributed by atoms with Crippen molar-refractivity contribution in [1.29, 1.82) is 0 Å². The zero-order valence-corrected chi connectivity index (χ0v) is 11.5. The maximum Gasteiger partial charge on any atom is 0.224 e. The minimum atomic E-state index is -0.365. The van der Waals surface area contributed by atoms with E-state index in [4.69, 9.17) is 10.5 Å². The van der Waals surface area contributed by atoms with Crippen molar-refractivity contribution in [2.75, 3.05) is 11.9 Å². The summed E-state index contributed by atoms with van der Waals surface area (Å²) in [6.45, 7) is 2.66. The van der Waals surface area contributed by atoms with Crippen LogP contribution in [-0.2, 0) is 16.0 Å². The Morgan fingerprint density at radius 3 is 2.95 bits per heavy atom. The van der Waals surface area contributed by atoms with Gasteiger partial charge in [0, 0.05) is 36.2 Å². The van der Waals surface area contributed by atoms with Gasteiger partial charge in [0.15, 0.2) is 0 Å². The molecular formula is C15H19FN2O2. The number of amides is 1. The van der Waals surface area contributed by atoms with Crippen molar-refractivity contribution >= 4 is 11.6 Å². The molecule has 0 radical (unpaired) electrons. The minimum Gasteiger partial charge on any atom is -0.378 e. The van der Waals surface area contributed by atoms with Crippen LogP contribution in [0.4, 0.5) is 10.1 Å². The third-order valence-corrected chi connectivity index (χ3v) is 4.37. The summed E-state index contributed by atoms with van der Waals surface area (Å²) in [7, 11) is 0. The van der Waals surface area contributed by atoms with E-state index >= 15 is 0 Å². The molecule has 0 bridgehead atoms. The minimum absolute atomic E-state index is 0.0557. The molecule has 3 unspecified atom stereocenters. The number of ether oxygens (including phenoxy) is 1. The molecule has 1 aromatic rings. The number of halogens is 1. The standard InChI is InChI=1S/C15H19FN2O2/c1-8-10(4-5-20-8)15(17)11-6-9-2-3-14(19)18-13(9)7-12(11)16/h6-8,10,15H,2-5,17H2,1H3,(H,18,19). The van der Waals surface area contributed by atoms with Crippen LogP contribution < -0.4 is 11.1 Å². The molecule has 4 nitrogen and oxygen atoms in total. The predicted octanol–water partition coefficient (Wildman–Crippen LogP) is 2.14. The average molecular weight is 278 g/mol. The SMILES string of the molecule is CC1OCCC1C(N)c1cc2c(cc1F)NC(=O)CC2. The Kier molecular flexibility index (Phi) is 3.48. The summed E-state index contributed by atoms with van der Waals surface area (Å²) >= 11 is 0. The Labute approximate surface area is 117 Å². The molecule has 3 atom stereocenters. The molecule has 0 aromatic heterocycles. The summed E-state index contributed by atoms with van der Waals surface area (Å²) in [5, 5.41) is 2.70. The molecule has 1 fully saturated rings. The van der Waals surface area contributed by atoms with E-state index in [0.717, 1.165) is 12.0 Å². The summed E-state index contributed by atoms with van der Waals surface area (Å²) in [4.78, 5) is 11.3. The summed E-state index contributed by atoms with van der Waals surface area (Å²) in [6.07, 6.45) is 1.99. The number of anilines is 1. The monoisotopic (exact) mass is 278 g/mol. The topological polar surface area (TPSA) is 64.3 Å². The van der Waals surface area contributed by atoms with Gasteiger partial charge < -0.3 is 15.8 Å². The first-order chi connectivity index (χ1) is 9.56. The van der Waals surface area contributed by atoms with E-state index in [9.17, 15) is 9.18 Å². The van der Waals surface area contributed by atoms with Crippen LogP contribution in [0.5, 0.6) is 0 Å². The molecule has 0 aliphatic carbocycles. The number of aryl methyl sites for hydroxylation is 1. The first-order valence-electron chi connectivity index (χ1n) is 7.05. The zero-order chi connectivity index (χ0) is 14.3. The van der Waals surface area contributed by atoms with E-state index in [1.165, 1.54) is 6.07 Å². The highest BCUT2D eigenvalue weighted by Gasteiger charge is 2.32. The number of hydrogen-bond donors (Lipinski definition) is 2. The van der Waals surface area contributed by atoms with Crippen LogP contribution in [0.25, 0.3) is 0 Å². The van der Waals surface area contributed by atoms with Gasteiger partial charge >= 0.3 is 0 Å². The Balaban J connectivity index is 1.92. The molecule has 1 aromatic carbocycles. The molecular weight excluding hydrogens is 259 g/mol. The second-order valence-electron chi connectivity index (χ2n) is 5.63. The number of nitrogens with one attached hydrogen (secondary N) is 1. The average Bonchev–Trinajstić information content (AvgIpc) is 2.83. The number of rotatable bonds is 2. The van der Waals surface area contributed by atoms with E-state index in [-0.39, 0.29) is 29.8 Å². The fourth-order valence-corrected chi connectivity index (χ4v) is 3.13. The van der Waals surface area contributed by atoms with E-state index < -0.39 is 0 Å². The zero-order valence-electron chi connectivity index (χ0n) is 11.5. The van der Waals surface area contributed by atoms with Gasteiger partial charge in [-0.3, -0.25) is 4.79 Å². The van der Waals surface area contributed by atoms with Crippen molar-refractivity contribution < 1.29 is 13.9 Å². The lowest BCUT2D eigenvalue weighted by atomic mass is 9.87. The van der Waals surface area contributed by atoms with Crippen LogP contribution in [-0.4, -0.2) is 18.6 Å². The van der Waals surface area contributed by atoms with Crippen LogP contribution in [0.15, 0.2) is 12.1 Å². The van der Waals surface area contributed by atoms with Crippen molar-refractivity contribution in [3.8, 4) is 0 Å². The van der Waals surface area contributed by atoms with Crippen molar-refractivity contribution in [2.45, 2.75) is 38.3 Å². The van der Waals surface area contributed by atoms with E-state index in [0.29, 0.717) is 30.7 Å². The summed E-state index contributed by atoms with van der Waals surface area (Å²) in [5.41, 5.74) is 8.31. The summed E-state index contributed by atoms with van der Waals surface area (Å²) in [6, 6.07) is 2.83. The van der Waals surface area contributed by atoms with Gasteiger partial charge in [-0.1, -0.05) is 0 Å². The molecule has 2 aliphatic rings. The fourth-order valence-electron chi connectivity index (χ4n) is 3.13. The molecule has 2 heterocycles. The number of fused-ring (bicyclic) bond motifs is 1. The number of benzene rings is 1. The number of carbonyl (C=O) groups excluding carboxylic acids is 1. The molecule has 0 spiro atoms. The Bertz CT molecular complexity index is 547. The van der Waals surface area contributed by atoms with Gasteiger partial charge in [0.05, 0.1) is 6.10 Å². The normalized spacial score (nSPS) is 27.1. The van der Waals surface area contributed by atoms with Gasteiger partial charge in [-0.25, -0.2) is 4.39 Å². The van der Waals surface area contributed by atoms with Gasteiger partial charge in [0.1, 0.15) is 5.82 Å². The van der Waals surface area contributed by atoms with E-state index in [1.807, 2.05) is 6.92 Å². The first kappa shape index (κ1) is 13.5. The molecule has 5 heteroatoms. The lowest BCUT2D eigenvalue weighted by Crippen LogP contribution is -2.28. The van der Waals surface area contributed by atoms with Gasteiger partial charge in [0.25, 0.3) is 0 Å². The van der Waals surface area contributed by atoms with Crippen molar-refractivity contribution in [3.05, 3.63) is 29.1 Å². The summed E-state index contributed by atoms with van der Waals surface area (Å²) < 4.78 is 19.8. The largest absolute Gasteiger partial charge is 0.378 e. The molecule has 0 saturated carbocycles. The quantitative estimate of drug-likeness (QED) is 0.871. The number of hydrogen-bond acceptors (Lipinski definition) is 3. The number of carbonyl (C=O) groups is 1. The van der Waals surface area contributed by atoms with Crippen LogP contribution in [0.1, 0.15) is 36.9 Å². The predicted molar refractivity (Wildman–Crippen MR) is 73.8 cm³/mol. The van der Waals surface area contributed by atoms with Crippen LogP contribution in [0.3, 0.4) is 0 Å². The van der Waals surface area contributed by atoms with Gasteiger partial charge in [-0.15, -0.1) is 0 Å². The molecule has 3 rings (SSSR count). The Hall–Kier alpha value is -1.46. The summed E-state index contributed by atoms with van der Waals surface area (Å²) in [5.74, 6) is -0.273. The van der Waals surface area contributed by atoms with Crippen LogP contribution in [0, 0.1) is 11.7 Å². The molecule has 3 N–H and O–H groups in total. The molecule has 1 saturated heterocycles. The van der Waals surface area contributed by atoms with Gasteiger partial charge in [-0.05, 0) is 37.5 Å².